The van der Waals surface area contributed by atoms with Crippen molar-refractivity contribution in [3.8, 4) is 5.75 Å². The van der Waals surface area contributed by atoms with Crippen molar-refractivity contribution in [1.29, 1.82) is 0 Å². The molecule has 0 aliphatic rings. The summed E-state index contributed by atoms with van der Waals surface area (Å²) < 4.78 is 49.4. The number of benzene rings is 2. The number of anilines is 1. The number of halogens is 3. The van der Waals surface area contributed by atoms with Crippen molar-refractivity contribution in [2.24, 2.45) is 0 Å². The molecule has 2 aromatic carbocycles. The van der Waals surface area contributed by atoms with E-state index in [1.54, 1.807) is 12.1 Å². The van der Waals surface area contributed by atoms with E-state index in [4.69, 9.17) is 9.47 Å². The zero-order chi connectivity index (χ0) is 24.1. The van der Waals surface area contributed by atoms with Crippen molar-refractivity contribution in [3.05, 3.63) is 63.7 Å². The zero-order valence-corrected chi connectivity index (χ0v) is 17.5. The SMILES string of the molecule is CC(C)(C)c1ccc(OCC(=O)OCC(=O)Nc2ccc([N+](=O)[O-])cc2C(F)(F)F)cc1. The lowest BCUT2D eigenvalue weighted by atomic mass is 9.87. The number of non-ortho nitro benzene ring substituents is 1. The van der Waals surface area contributed by atoms with Crippen molar-refractivity contribution in [2.45, 2.75) is 32.4 Å². The van der Waals surface area contributed by atoms with Gasteiger partial charge < -0.3 is 14.8 Å². The molecule has 0 saturated heterocycles. The van der Waals surface area contributed by atoms with Crippen LogP contribution in [0.3, 0.4) is 0 Å². The van der Waals surface area contributed by atoms with Crippen LogP contribution in [0, 0.1) is 10.1 Å². The maximum absolute atomic E-state index is 13.1. The summed E-state index contributed by atoms with van der Waals surface area (Å²) in [6.07, 6.45) is -4.94. The van der Waals surface area contributed by atoms with Gasteiger partial charge in [-0.1, -0.05) is 32.9 Å². The molecule has 0 heterocycles. The van der Waals surface area contributed by atoms with E-state index in [1.807, 2.05) is 38.2 Å². The molecule has 1 amide bonds. The first kappa shape index (κ1) is 24.6. The Labute approximate surface area is 181 Å². The molecule has 0 saturated carbocycles. The summed E-state index contributed by atoms with van der Waals surface area (Å²) >= 11 is 0. The summed E-state index contributed by atoms with van der Waals surface area (Å²) in [7, 11) is 0. The third kappa shape index (κ3) is 6.96. The van der Waals surface area contributed by atoms with Crippen LogP contribution in [0.5, 0.6) is 5.75 Å². The summed E-state index contributed by atoms with van der Waals surface area (Å²) in [4.78, 5) is 33.4. The first-order valence-electron chi connectivity index (χ1n) is 9.32. The van der Waals surface area contributed by atoms with Gasteiger partial charge in [0.1, 0.15) is 5.75 Å². The lowest BCUT2D eigenvalue weighted by Crippen LogP contribution is -2.25. The van der Waals surface area contributed by atoms with Gasteiger partial charge in [0, 0.05) is 12.1 Å². The summed E-state index contributed by atoms with van der Waals surface area (Å²) in [5, 5.41) is 12.6. The van der Waals surface area contributed by atoms with Gasteiger partial charge >= 0.3 is 12.1 Å². The molecule has 1 N–H and O–H groups in total. The highest BCUT2D eigenvalue weighted by molar-refractivity contribution is 5.93. The van der Waals surface area contributed by atoms with Crippen LogP contribution in [0.1, 0.15) is 31.9 Å². The Morgan fingerprint density at radius 1 is 1.03 bits per heavy atom. The molecule has 2 aromatic rings. The number of nitro groups is 1. The van der Waals surface area contributed by atoms with Crippen LogP contribution in [0.4, 0.5) is 24.5 Å². The van der Waals surface area contributed by atoms with Crippen molar-refractivity contribution < 1.29 is 37.2 Å². The average Bonchev–Trinajstić information content (AvgIpc) is 2.69. The summed E-state index contributed by atoms with van der Waals surface area (Å²) in [5.74, 6) is -1.55. The molecule has 172 valence electrons. The predicted octanol–water partition coefficient (Wildman–Crippen LogP) is 4.47. The fourth-order valence-corrected chi connectivity index (χ4v) is 2.56. The molecule has 0 aliphatic heterocycles. The number of carbonyl (C=O) groups is 2. The van der Waals surface area contributed by atoms with Gasteiger partial charge in [-0.15, -0.1) is 0 Å². The molecule has 0 unspecified atom stereocenters. The molecule has 2 rings (SSSR count). The van der Waals surface area contributed by atoms with Crippen LogP contribution in [0.2, 0.25) is 0 Å². The third-order valence-corrected chi connectivity index (χ3v) is 4.23. The first-order valence-corrected chi connectivity index (χ1v) is 9.32. The number of nitrogens with one attached hydrogen (secondary N) is 1. The van der Waals surface area contributed by atoms with Gasteiger partial charge in [0.15, 0.2) is 13.2 Å². The first-order chi connectivity index (χ1) is 14.8. The van der Waals surface area contributed by atoms with E-state index in [0.29, 0.717) is 11.8 Å². The second-order valence-corrected chi connectivity index (χ2v) is 7.76. The zero-order valence-electron chi connectivity index (χ0n) is 17.5. The second kappa shape index (κ2) is 9.67. The molecule has 8 nitrogen and oxygen atoms in total. The number of alkyl halides is 3. The predicted molar refractivity (Wildman–Crippen MR) is 108 cm³/mol. The number of amides is 1. The normalized spacial score (nSPS) is 11.6. The Hall–Kier alpha value is -3.63. The molecule has 0 radical (unpaired) electrons. The molecule has 32 heavy (non-hydrogen) atoms. The average molecular weight is 454 g/mol. The number of carbonyl (C=O) groups excluding carboxylic acids is 2. The highest BCUT2D eigenvalue weighted by atomic mass is 19.4. The van der Waals surface area contributed by atoms with E-state index >= 15 is 0 Å². The molecule has 0 bridgehead atoms. The van der Waals surface area contributed by atoms with Crippen LogP contribution in [0.15, 0.2) is 42.5 Å². The van der Waals surface area contributed by atoms with Gasteiger partial charge in [0.2, 0.25) is 0 Å². The molecular weight excluding hydrogens is 433 g/mol. The molecule has 0 aliphatic carbocycles. The Morgan fingerprint density at radius 3 is 2.19 bits per heavy atom. The summed E-state index contributed by atoms with van der Waals surface area (Å²) in [6.45, 7) is 4.76. The molecule has 0 aromatic heterocycles. The fourth-order valence-electron chi connectivity index (χ4n) is 2.56. The van der Waals surface area contributed by atoms with Crippen molar-refractivity contribution >= 4 is 23.3 Å². The van der Waals surface area contributed by atoms with Crippen molar-refractivity contribution in [3.63, 3.8) is 0 Å². The Kier molecular flexibility index (Phi) is 7.44. The monoisotopic (exact) mass is 454 g/mol. The largest absolute Gasteiger partial charge is 0.482 e. The number of nitro benzene ring substituents is 1. The topological polar surface area (TPSA) is 108 Å². The van der Waals surface area contributed by atoms with Gasteiger partial charge in [-0.05, 0) is 29.2 Å². The van der Waals surface area contributed by atoms with E-state index in [0.717, 1.165) is 17.7 Å². The van der Waals surface area contributed by atoms with Gasteiger partial charge in [-0.3, -0.25) is 14.9 Å². The van der Waals surface area contributed by atoms with E-state index in [1.165, 1.54) is 0 Å². The smallest absolute Gasteiger partial charge is 0.418 e. The number of esters is 1. The van der Waals surface area contributed by atoms with E-state index < -0.39 is 53.1 Å². The van der Waals surface area contributed by atoms with Crippen LogP contribution < -0.4 is 10.1 Å². The van der Waals surface area contributed by atoms with E-state index in [2.05, 4.69) is 0 Å². The van der Waals surface area contributed by atoms with Crippen molar-refractivity contribution in [1.82, 2.24) is 0 Å². The minimum atomic E-state index is -4.94. The van der Waals surface area contributed by atoms with Gasteiger partial charge in [0.05, 0.1) is 16.2 Å². The highest BCUT2D eigenvalue weighted by Gasteiger charge is 2.35. The number of rotatable bonds is 7. The second-order valence-electron chi connectivity index (χ2n) is 7.76. The number of ether oxygens (including phenoxy) is 2. The van der Waals surface area contributed by atoms with Crippen molar-refractivity contribution in [2.75, 3.05) is 18.5 Å². The van der Waals surface area contributed by atoms with Gasteiger partial charge in [-0.2, -0.15) is 13.2 Å². The van der Waals surface area contributed by atoms with Gasteiger partial charge in [-0.25, -0.2) is 4.79 Å². The molecule has 0 fully saturated rings. The molecule has 0 spiro atoms. The molecular formula is C21H21F3N2O6. The van der Waals surface area contributed by atoms with Crippen LogP contribution >= 0.6 is 0 Å². The minimum Gasteiger partial charge on any atom is -0.482 e. The standard InChI is InChI=1S/C21H21F3N2O6/c1-20(2,3)13-4-7-15(8-5-13)31-12-19(28)32-11-18(27)25-17-9-6-14(26(29)30)10-16(17)21(22,23)24/h4-10H,11-12H2,1-3H3,(H,25,27). The van der Waals surface area contributed by atoms with Crippen LogP contribution in [-0.4, -0.2) is 30.0 Å². The van der Waals surface area contributed by atoms with E-state index in [9.17, 15) is 32.9 Å². The number of hydrogen-bond acceptors (Lipinski definition) is 6. The Balaban J connectivity index is 1.90. The Morgan fingerprint density at radius 2 is 1.66 bits per heavy atom. The minimum absolute atomic E-state index is 0.0551. The van der Waals surface area contributed by atoms with E-state index in [-0.39, 0.29) is 5.41 Å². The van der Waals surface area contributed by atoms with Gasteiger partial charge in [0.25, 0.3) is 11.6 Å². The lowest BCUT2D eigenvalue weighted by molar-refractivity contribution is -0.385. The molecule has 0 atom stereocenters. The lowest BCUT2D eigenvalue weighted by Gasteiger charge is -2.19. The van der Waals surface area contributed by atoms with Crippen LogP contribution in [0.25, 0.3) is 0 Å². The fraction of sp³-hybridized carbons (Fsp3) is 0.333. The molecule has 11 heteroatoms. The number of hydrogen-bond donors (Lipinski definition) is 1. The number of nitrogens with zero attached hydrogens (tertiary/aromatic N) is 1. The maximum atomic E-state index is 13.1. The van der Waals surface area contributed by atoms with Crippen LogP contribution in [-0.2, 0) is 25.9 Å². The highest BCUT2D eigenvalue weighted by Crippen LogP contribution is 2.37. The maximum Gasteiger partial charge on any atom is 0.418 e. The third-order valence-electron chi connectivity index (χ3n) is 4.23. The Bertz CT molecular complexity index is 998. The quantitative estimate of drug-likeness (QED) is 0.376. The summed E-state index contributed by atoms with van der Waals surface area (Å²) in [6, 6.07) is 8.91. The summed E-state index contributed by atoms with van der Waals surface area (Å²) in [5.41, 5.74) is -1.86.